The third-order valence-electron chi connectivity index (χ3n) is 1.83. The van der Waals surface area contributed by atoms with Crippen LogP contribution in [0.2, 0.25) is 0 Å². The number of carbonyl (C=O) groups excluding carboxylic acids is 2. The van der Waals surface area contributed by atoms with Crippen LogP contribution in [0, 0.1) is 0 Å². The Morgan fingerprint density at radius 2 is 1.53 bits per heavy atom. The lowest BCUT2D eigenvalue weighted by molar-refractivity contribution is 0.0999. The van der Waals surface area contributed by atoms with E-state index in [-0.39, 0.29) is 11.1 Å². The van der Waals surface area contributed by atoms with Crippen molar-refractivity contribution in [2.24, 2.45) is 21.8 Å². The second-order valence-electron chi connectivity index (χ2n) is 3.53. The van der Waals surface area contributed by atoms with E-state index in [4.69, 9.17) is 11.5 Å². The fraction of sp³-hybridized carbons (Fsp3) is 0.200. The maximum atomic E-state index is 11.1. The molecule has 0 atom stereocenters. The van der Waals surface area contributed by atoms with E-state index in [0.717, 1.165) is 0 Å². The van der Waals surface area contributed by atoms with Crippen molar-refractivity contribution in [3.8, 4) is 0 Å². The zero-order chi connectivity index (χ0) is 13.0. The largest absolute Gasteiger partial charge is 0.366 e. The van der Waals surface area contributed by atoms with Gasteiger partial charge in [0.05, 0.1) is 5.69 Å². The SMILES string of the molecule is CN(C)N=Nc1cc(C(N)=O)cc(C(N)=O)c1. The molecule has 0 bridgehead atoms. The summed E-state index contributed by atoms with van der Waals surface area (Å²) in [4.78, 5) is 22.1. The van der Waals surface area contributed by atoms with Crippen LogP contribution in [-0.2, 0) is 0 Å². The maximum Gasteiger partial charge on any atom is 0.248 e. The van der Waals surface area contributed by atoms with E-state index in [1.807, 2.05) is 0 Å². The molecule has 2 amide bonds. The van der Waals surface area contributed by atoms with E-state index in [9.17, 15) is 9.59 Å². The lowest BCUT2D eigenvalue weighted by atomic mass is 10.1. The van der Waals surface area contributed by atoms with Crippen molar-refractivity contribution in [3.63, 3.8) is 0 Å². The van der Waals surface area contributed by atoms with Crippen molar-refractivity contribution in [2.75, 3.05) is 14.1 Å². The molecule has 1 aromatic rings. The summed E-state index contributed by atoms with van der Waals surface area (Å²) in [6, 6.07) is 4.18. The first-order chi connectivity index (χ1) is 7.90. The van der Waals surface area contributed by atoms with Crippen molar-refractivity contribution < 1.29 is 9.59 Å². The molecule has 7 nitrogen and oxygen atoms in total. The molecule has 0 spiro atoms. The standard InChI is InChI=1S/C10H13N5O2/c1-15(2)14-13-8-4-6(9(11)16)3-7(5-8)10(12)17/h3-5H,1-2H3,(H2,11,16)(H2,12,17). The van der Waals surface area contributed by atoms with Gasteiger partial charge >= 0.3 is 0 Å². The van der Waals surface area contributed by atoms with Crippen molar-refractivity contribution in [3.05, 3.63) is 29.3 Å². The molecule has 0 aliphatic rings. The van der Waals surface area contributed by atoms with Crippen LogP contribution in [0.5, 0.6) is 0 Å². The molecule has 90 valence electrons. The van der Waals surface area contributed by atoms with Crippen LogP contribution in [-0.4, -0.2) is 30.9 Å². The second kappa shape index (κ2) is 5.06. The van der Waals surface area contributed by atoms with E-state index in [0.29, 0.717) is 5.69 Å². The van der Waals surface area contributed by atoms with Crippen LogP contribution in [0.3, 0.4) is 0 Å². The number of nitrogens with two attached hydrogens (primary N) is 2. The number of carbonyl (C=O) groups is 2. The van der Waals surface area contributed by atoms with Gasteiger partial charge in [-0.05, 0) is 18.2 Å². The first kappa shape index (κ1) is 12.6. The molecule has 0 saturated heterocycles. The summed E-state index contributed by atoms with van der Waals surface area (Å²) < 4.78 is 0. The summed E-state index contributed by atoms with van der Waals surface area (Å²) in [7, 11) is 3.38. The highest BCUT2D eigenvalue weighted by molar-refractivity contribution is 5.99. The molecular formula is C10H13N5O2. The van der Waals surface area contributed by atoms with Gasteiger partial charge in [-0.25, -0.2) is 0 Å². The molecule has 17 heavy (non-hydrogen) atoms. The Bertz CT molecular complexity index is 449. The zero-order valence-corrected chi connectivity index (χ0v) is 9.54. The molecule has 7 heteroatoms. The molecule has 0 aliphatic heterocycles. The summed E-state index contributed by atoms with van der Waals surface area (Å²) in [6.45, 7) is 0. The van der Waals surface area contributed by atoms with E-state index in [2.05, 4.69) is 10.3 Å². The molecule has 0 unspecified atom stereocenters. The van der Waals surface area contributed by atoms with Gasteiger partial charge in [-0.3, -0.25) is 14.6 Å². The Hall–Kier alpha value is -2.44. The minimum absolute atomic E-state index is 0.161. The van der Waals surface area contributed by atoms with Gasteiger partial charge in [0.25, 0.3) is 0 Å². The molecule has 0 aliphatic carbocycles. The van der Waals surface area contributed by atoms with Gasteiger partial charge in [0.15, 0.2) is 0 Å². The Balaban J connectivity index is 3.21. The number of hydrogen-bond donors (Lipinski definition) is 2. The predicted octanol–water partition coefficient (Wildman–Crippen LogP) is 0.445. The molecular weight excluding hydrogens is 222 g/mol. The highest BCUT2D eigenvalue weighted by Gasteiger charge is 2.08. The van der Waals surface area contributed by atoms with Crippen LogP contribution in [0.15, 0.2) is 28.5 Å². The minimum atomic E-state index is -0.658. The number of rotatable bonds is 4. The fourth-order valence-corrected chi connectivity index (χ4v) is 1.09. The number of hydrogen-bond acceptors (Lipinski definition) is 4. The second-order valence-corrected chi connectivity index (χ2v) is 3.53. The third kappa shape index (κ3) is 3.56. The van der Waals surface area contributed by atoms with E-state index in [1.54, 1.807) is 14.1 Å². The van der Waals surface area contributed by atoms with Gasteiger partial charge in [-0.15, -0.1) is 5.11 Å². The van der Waals surface area contributed by atoms with Crippen LogP contribution >= 0.6 is 0 Å². The Morgan fingerprint density at radius 3 is 1.88 bits per heavy atom. The zero-order valence-electron chi connectivity index (χ0n) is 9.54. The van der Waals surface area contributed by atoms with Gasteiger partial charge < -0.3 is 11.5 Å². The highest BCUT2D eigenvalue weighted by atomic mass is 16.1. The van der Waals surface area contributed by atoms with Crippen LogP contribution < -0.4 is 11.5 Å². The molecule has 0 saturated carbocycles. The molecule has 0 heterocycles. The predicted molar refractivity (Wildman–Crippen MR) is 61.7 cm³/mol. The average Bonchev–Trinajstić information content (AvgIpc) is 2.25. The lowest BCUT2D eigenvalue weighted by Crippen LogP contribution is -2.15. The van der Waals surface area contributed by atoms with Gasteiger partial charge in [0.1, 0.15) is 0 Å². The molecule has 0 fully saturated rings. The van der Waals surface area contributed by atoms with Crippen LogP contribution in [0.1, 0.15) is 20.7 Å². The molecule has 0 radical (unpaired) electrons. The Kier molecular flexibility index (Phi) is 3.76. The summed E-state index contributed by atoms with van der Waals surface area (Å²) in [5.74, 6) is -1.32. The van der Waals surface area contributed by atoms with Gasteiger partial charge in [-0.1, -0.05) is 5.22 Å². The normalized spacial score (nSPS) is 10.5. The summed E-state index contributed by atoms with van der Waals surface area (Å²) >= 11 is 0. The first-order valence-electron chi connectivity index (χ1n) is 4.74. The summed E-state index contributed by atoms with van der Waals surface area (Å²) in [5, 5.41) is 9.05. The van der Waals surface area contributed by atoms with Gasteiger partial charge in [0, 0.05) is 25.2 Å². The number of amides is 2. The van der Waals surface area contributed by atoms with Crippen LogP contribution in [0.4, 0.5) is 5.69 Å². The minimum Gasteiger partial charge on any atom is -0.366 e. The number of primary amides is 2. The fourth-order valence-electron chi connectivity index (χ4n) is 1.09. The third-order valence-corrected chi connectivity index (χ3v) is 1.83. The smallest absolute Gasteiger partial charge is 0.248 e. The number of benzene rings is 1. The lowest BCUT2D eigenvalue weighted by Gasteiger charge is -2.03. The number of nitrogens with zero attached hydrogens (tertiary/aromatic N) is 3. The summed E-state index contributed by atoms with van der Waals surface area (Å²) in [6.07, 6.45) is 0. The van der Waals surface area contributed by atoms with E-state index < -0.39 is 11.8 Å². The topological polar surface area (TPSA) is 114 Å². The molecule has 1 rings (SSSR count). The monoisotopic (exact) mass is 235 g/mol. The van der Waals surface area contributed by atoms with Crippen molar-refractivity contribution in [1.82, 2.24) is 5.01 Å². The first-order valence-corrected chi connectivity index (χ1v) is 4.74. The summed E-state index contributed by atoms with van der Waals surface area (Å²) in [5.41, 5.74) is 10.9. The van der Waals surface area contributed by atoms with Gasteiger partial charge in [-0.2, -0.15) is 0 Å². The maximum absolute atomic E-state index is 11.1. The van der Waals surface area contributed by atoms with E-state index in [1.165, 1.54) is 23.2 Å². The Morgan fingerprint density at radius 1 is 1.06 bits per heavy atom. The van der Waals surface area contributed by atoms with Crippen molar-refractivity contribution in [2.45, 2.75) is 0 Å². The quantitative estimate of drug-likeness (QED) is 0.583. The van der Waals surface area contributed by atoms with E-state index >= 15 is 0 Å². The Labute approximate surface area is 98.1 Å². The van der Waals surface area contributed by atoms with Gasteiger partial charge in [0.2, 0.25) is 11.8 Å². The molecule has 0 aromatic heterocycles. The molecule has 1 aromatic carbocycles. The average molecular weight is 235 g/mol. The highest BCUT2D eigenvalue weighted by Crippen LogP contribution is 2.18. The van der Waals surface area contributed by atoms with Crippen LogP contribution in [0.25, 0.3) is 0 Å². The molecule has 4 N–H and O–H groups in total. The van der Waals surface area contributed by atoms with Crippen molar-refractivity contribution in [1.29, 1.82) is 0 Å². The van der Waals surface area contributed by atoms with Crippen molar-refractivity contribution >= 4 is 17.5 Å².